The highest BCUT2D eigenvalue weighted by atomic mass is 19.1. The number of rotatable bonds is 6. The van der Waals surface area contributed by atoms with Crippen LogP contribution in [0.5, 0.6) is 5.75 Å². The lowest BCUT2D eigenvalue weighted by Gasteiger charge is -2.05. The minimum atomic E-state index is -0.809. The number of aromatic nitrogens is 2. The summed E-state index contributed by atoms with van der Waals surface area (Å²) in [6, 6.07) is 12.6. The topological polar surface area (TPSA) is 94.5 Å². The Labute approximate surface area is 147 Å². The number of ether oxygens (including phenoxy) is 1. The predicted molar refractivity (Wildman–Crippen MR) is 88.9 cm³/mol. The first-order chi connectivity index (χ1) is 12.6. The van der Waals surface area contributed by atoms with Gasteiger partial charge in [-0.25, -0.2) is 9.18 Å². The molecule has 0 amide bonds. The van der Waals surface area contributed by atoms with E-state index in [1.54, 1.807) is 36.4 Å². The number of hydrogen-bond acceptors (Lipinski definition) is 5. The molecule has 0 saturated carbocycles. The van der Waals surface area contributed by atoms with Gasteiger partial charge in [-0.3, -0.25) is 9.52 Å². The summed E-state index contributed by atoms with van der Waals surface area (Å²) in [5, 5.41) is 14.7. The molecule has 0 aliphatic heterocycles. The number of H-pyrrole nitrogens is 1. The molecule has 26 heavy (non-hydrogen) atoms. The van der Waals surface area contributed by atoms with Crippen molar-refractivity contribution >= 4 is 5.90 Å². The monoisotopic (exact) mass is 357 g/mol. The van der Waals surface area contributed by atoms with Gasteiger partial charge in [0.15, 0.2) is 0 Å². The van der Waals surface area contributed by atoms with E-state index < -0.39 is 11.5 Å². The Bertz CT molecular complexity index is 959. The lowest BCUT2D eigenvalue weighted by Crippen LogP contribution is -2.44. The van der Waals surface area contributed by atoms with Crippen LogP contribution in [0.4, 0.5) is 4.39 Å². The van der Waals surface area contributed by atoms with Gasteiger partial charge < -0.3 is 9.84 Å². The zero-order valence-electron chi connectivity index (χ0n) is 13.9. The Morgan fingerprint density at radius 1 is 1.23 bits per heavy atom. The molecule has 3 rings (SSSR count). The molecule has 0 radical (unpaired) electrons. The minimum absolute atomic E-state index is 0.164. The van der Waals surface area contributed by atoms with Crippen LogP contribution >= 0.6 is 0 Å². The smallest absolute Gasteiger partial charge is 0.436 e. The second kappa shape index (κ2) is 7.64. The fourth-order valence-corrected chi connectivity index (χ4v) is 2.38. The Kier molecular flexibility index (Phi) is 5.12. The summed E-state index contributed by atoms with van der Waals surface area (Å²) < 4.78 is 23.9. The van der Waals surface area contributed by atoms with Crippen LogP contribution in [0.3, 0.4) is 0 Å². The van der Waals surface area contributed by atoms with Crippen LogP contribution in [0.1, 0.15) is 11.3 Å². The number of nitrogens with zero attached hydrogens (tertiary/aromatic N) is 2. The summed E-state index contributed by atoms with van der Waals surface area (Å²) in [4.78, 5) is 15.8. The van der Waals surface area contributed by atoms with E-state index in [9.17, 15) is 14.3 Å². The molecular weight excluding hydrogens is 341 g/mol. The molecule has 0 saturated heterocycles. The molecule has 1 heterocycles. The number of nitrogens with one attached hydrogen (secondary N) is 1. The van der Waals surface area contributed by atoms with Gasteiger partial charge >= 0.3 is 11.3 Å². The van der Waals surface area contributed by atoms with E-state index in [2.05, 4.69) is 10.3 Å². The summed E-state index contributed by atoms with van der Waals surface area (Å²) in [6.07, 6.45) is 0.449. The van der Waals surface area contributed by atoms with Gasteiger partial charge in [-0.15, -0.1) is 0 Å². The highest BCUT2D eigenvalue weighted by Gasteiger charge is 2.23. The summed E-state index contributed by atoms with van der Waals surface area (Å²) in [5.41, 5.74) is 0.325. The quantitative estimate of drug-likeness (QED) is 0.400. The molecule has 0 spiro atoms. The minimum Gasteiger partial charge on any atom is -0.854 e. The van der Waals surface area contributed by atoms with Crippen molar-refractivity contribution < 1.29 is 23.4 Å². The number of aliphatic imine (C=N–C) groups is 1. The zero-order valence-corrected chi connectivity index (χ0v) is 13.9. The lowest BCUT2D eigenvalue weighted by molar-refractivity contribution is -0.673. The average molecular weight is 357 g/mol. The van der Waals surface area contributed by atoms with Crippen LogP contribution < -0.4 is 20.2 Å². The highest BCUT2D eigenvalue weighted by molar-refractivity contribution is 5.86. The third-order valence-corrected chi connectivity index (χ3v) is 3.75. The van der Waals surface area contributed by atoms with Gasteiger partial charge in [0.2, 0.25) is 5.69 Å². The zero-order chi connectivity index (χ0) is 18.5. The average Bonchev–Trinajstić information content (AvgIpc) is 3.05. The van der Waals surface area contributed by atoms with Crippen molar-refractivity contribution in [1.29, 1.82) is 0 Å². The number of hydrogen-bond donors (Lipinski definition) is 1. The summed E-state index contributed by atoms with van der Waals surface area (Å²) >= 11 is 0. The molecule has 134 valence electrons. The summed E-state index contributed by atoms with van der Waals surface area (Å²) in [5.74, 6) is -0.387. The van der Waals surface area contributed by atoms with Crippen molar-refractivity contribution in [2.45, 2.75) is 6.42 Å². The number of benzene rings is 2. The summed E-state index contributed by atoms with van der Waals surface area (Å²) in [6.45, 7) is 0.164. The highest BCUT2D eigenvalue weighted by Crippen LogP contribution is 2.11. The molecule has 2 aromatic carbocycles. The normalized spacial score (nSPS) is 11.5. The standard InChI is InChI=1S/C18H16FN3O4/c1-25-15-8-6-14(7-9-15)22-16(18(24)26-21-22)17(23)20-11-10-12-2-4-13(19)5-3-12/h2-9H,10-11H2,1H3,(H-,20,21,23,24). The van der Waals surface area contributed by atoms with Crippen molar-refractivity contribution in [1.82, 2.24) is 5.27 Å². The van der Waals surface area contributed by atoms with E-state index in [1.807, 2.05) is 0 Å². The molecule has 0 aliphatic carbocycles. The molecular formula is C18H16FN3O4. The third-order valence-electron chi connectivity index (χ3n) is 3.75. The maximum Gasteiger partial charge on any atom is 0.436 e. The molecule has 7 nitrogen and oxygen atoms in total. The van der Waals surface area contributed by atoms with Crippen LogP contribution in [0, 0.1) is 5.82 Å². The van der Waals surface area contributed by atoms with Gasteiger partial charge in [0.05, 0.1) is 13.0 Å². The number of aromatic amines is 1. The summed E-state index contributed by atoms with van der Waals surface area (Å²) in [7, 11) is 1.54. The largest absolute Gasteiger partial charge is 0.854 e. The molecule has 0 unspecified atom stereocenters. The molecule has 0 atom stereocenters. The maximum absolute atomic E-state index is 12.9. The van der Waals surface area contributed by atoms with E-state index in [4.69, 9.17) is 9.26 Å². The van der Waals surface area contributed by atoms with Crippen molar-refractivity contribution in [3.63, 3.8) is 0 Å². The first-order valence-corrected chi connectivity index (χ1v) is 7.82. The van der Waals surface area contributed by atoms with Crippen molar-refractivity contribution in [2.75, 3.05) is 13.7 Å². The fourth-order valence-electron chi connectivity index (χ4n) is 2.38. The first kappa shape index (κ1) is 17.4. The number of methoxy groups -OCH3 is 1. The molecule has 8 heteroatoms. The Morgan fingerprint density at radius 3 is 2.58 bits per heavy atom. The predicted octanol–water partition coefficient (Wildman–Crippen LogP) is 0.742. The van der Waals surface area contributed by atoms with Crippen LogP contribution in [-0.4, -0.2) is 24.8 Å². The van der Waals surface area contributed by atoms with Crippen molar-refractivity contribution in [3.05, 3.63) is 76.0 Å². The van der Waals surface area contributed by atoms with Crippen molar-refractivity contribution in [3.8, 4) is 11.4 Å². The van der Waals surface area contributed by atoms with Crippen LogP contribution in [-0.2, 0) is 6.42 Å². The molecule has 3 aromatic rings. The van der Waals surface area contributed by atoms with Gasteiger partial charge in [0.1, 0.15) is 11.6 Å². The Hall–Kier alpha value is -3.42. The number of halogens is 1. The molecule has 1 N–H and O–H groups in total. The van der Waals surface area contributed by atoms with Crippen LogP contribution in [0.2, 0.25) is 0 Å². The molecule has 1 aromatic heterocycles. The fraction of sp³-hybridized carbons (Fsp3) is 0.167. The van der Waals surface area contributed by atoms with E-state index in [0.29, 0.717) is 17.9 Å². The molecule has 0 bridgehead atoms. The lowest BCUT2D eigenvalue weighted by atomic mass is 10.1. The van der Waals surface area contributed by atoms with Gasteiger partial charge in [0, 0.05) is 18.7 Å². The van der Waals surface area contributed by atoms with E-state index in [1.165, 1.54) is 23.9 Å². The second-order valence-corrected chi connectivity index (χ2v) is 5.43. The van der Waals surface area contributed by atoms with E-state index >= 15 is 0 Å². The van der Waals surface area contributed by atoms with Gasteiger partial charge in [-0.05, 0) is 46.2 Å². The molecule has 0 aliphatic rings. The Balaban J connectivity index is 1.80. The van der Waals surface area contributed by atoms with Crippen LogP contribution in [0.15, 0.2) is 62.8 Å². The first-order valence-electron chi connectivity index (χ1n) is 7.82. The third kappa shape index (κ3) is 3.80. The van der Waals surface area contributed by atoms with Gasteiger partial charge in [-0.1, -0.05) is 12.1 Å². The van der Waals surface area contributed by atoms with Gasteiger partial charge in [-0.2, -0.15) is 0 Å². The van der Waals surface area contributed by atoms with Gasteiger partial charge in [0.25, 0.3) is 0 Å². The van der Waals surface area contributed by atoms with E-state index in [0.717, 1.165) is 5.56 Å². The Morgan fingerprint density at radius 2 is 1.92 bits per heavy atom. The van der Waals surface area contributed by atoms with Crippen LogP contribution in [0.25, 0.3) is 5.69 Å². The maximum atomic E-state index is 12.9. The second-order valence-electron chi connectivity index (χ2n) is 5.43. The van der Waals surface area contributed by atoms with E-state index in [-0.39, 0.29) is 18.1 Å². The van der Waals surface area contributed by atoms with Crippen molar-refractivity contribution in [2.24, 2.45) is 4.99 Å². The SMILES string of the molecule is COc1ccc(-[n+]2[nH]oc(=O)c2C([O-])=NCCc2ccc(F)cc2)cc1. The molecule has 0 fully saturated rings.